The maximum absolute atomic E-state index is 4.58. The van der Waals surface area contributed by atoms with Gasteiger partial charge in [0.2, 0.25) is 0 Å². The van der Waals surface area contributed by atoms with E-state index >= 15 is 0 Å². The fourth-order valence-corrected chi connectivity index (χ4v) is 2.39. The maximum Gasteiger partial charge on any atom is 0.0967 e. The Labute approximate surface area is 112 Å². The summed E-state index contributed by atoms with van der Waals surface area (Å²) in [7, 11) is 0. The zero-order chi connectivity index (χ0) is 12.9. The second-order valence-corrected chi connectivity index (χ2v) is 4.99. The number of nitrogens with zero attached hydrogens (tertiary/aromatic N) is 2. The van der Waals surface area contributed by atoms with Gasteiger partial charge in [-0.25, -0.2) is 0 Å². The molecular formula is C16H18N2O. The highest BCUT2D eigenvalue weighted by Crippen LogP contribution is 2.28. The number of rotatable bonds is 0. The van der Waals surface area contributed by atoms with E-state index in [4.69, 9.17) is 0 Å². The van der Waals surface area contributed by atoms with Crippen molar-refractivity contribution in [3.63, 3.8) is 0 Å². The summed E-state index contributed by atoms with van der Waals surface area (Å²) in [6.45, 7) is 8.48. The zero-order valence-electron chi connectivity index (χ0n) is 11.7. The first-order valence-electron chi connectivity index (χ1n) is 6.20. The summed E-state index contributed by atoms with van der Waals surface area (Å²) in [5.41, 5.74) is 7.07. The van der Waals surface area contributed by atoms with Crippen LogP contribution in [0.15, 0.2) is 24.5 Å². The topological polar surface area (TPSA) is 57.3 Å². The molecule has 3 heteroatoms. The minimum absolute atomic E-state index is 0. The molecule has 2 N–H and O–H groups in total. The third kappa shape index (κ3) is 1.87. The van der Waals surface area contributed by atoms with Crippen molar-refractivity contribution in [2.24, 2.45) is 0 Å². The lowest BCUT2D eigenvalue weighted by molar-refractivity contribution is 0.824. The summed E-state index contributed by atoms with van der Waals surface area (Å²) in [6.07, 6.45) is 3.88. The minimum Gasteiger partial charge on any atom is -0.412 e. The Hall–Kier alpha value is -2.00. The number of benzene rings is 1. The second kappa shape index (κ2) is 4.59. The molecule has 1 aromatic carbocycles. The normalized spacial score (nSPS) is 10.7. The van der Waals surface area contributed by atoms with Gasteiger partial charge in [-0.2, -0.15) is 0 Å². The molecule has 0 aliphatic carbocycles. The Balaban J connectivity index is 0.00000133. The van der Waals surface area contributed by atoms with Crippen molar-refractivity contribution in [1.82, 2.24) is 9.97 Å². The van der Waals surface area contributed by atoms with E-state index in [-0.39, 0.29) is 5.48 Å². The minimum atomic E-state index is 0. The molecule has 3 rings (SSSR count). The first-order valence-corrected chi connectivity index (χ1v) is 6.20. The van der Waals surface area contributed by atoms with Crippen molar-refractivity contribution in [3.8, 4) is 0 Å². The first kappa shape index (κ1) is 13.4. The molecule has 0 atom stereocenters. The third-order valence-corrected chi connectivity index (χ3v) is 3.92. The predicted octanol–water partition coefficient (Wildman–Crippen LogP) is 3.19. The summed E-state index contributed by atoms with van der Waals surface area (Å²) in [5, 5.41) is 2.41. The van der Waals surface area contributed by atoms with Gasteiger partial charge in [0.15, 0.2) is 0 Å². The Kier molecular flexibility index (Phi) is 3.25. The average molecular weight is 254 g/mol. The highest BCUT2D eigenvalue weighted by atomic mass is 16.0. The number of aryl methyl sites for hydroxylation is 4. The molecule has 0 bridgehead atoms. The van der Waals surface area contributed by atoms with E-state index < -0.39 is 0 Å². The lowest BCUT2D eigenvalue weighted by atomic mass is 10.0. The van der Waals surface area contributed by atoms with Gasteiger partial charge in [-0.1, -0.05) is 12.1 Å². The molecule has 0 amide bonds. The van der Waals surface area contributed by atoms with Crippen LogP contribution in [0.3, 0.4) is 0 Å². The Bertz CT molecular complexity index is 712. The van der Waals surface area contributed by atoms with Crippen molar-refractivity contribution in [1.29, 1.82) is 0 Å². The van der Waals surface area contributed by atoms with E-state index in [0.29, 0.717) is 0 Å². The van der Waals surface area contributed by atoms with Crippen LogP contribution >= 0.6 is 0 Å². The standard InChI is InChI=1S/C16H16N2.H2O/c1-9-7-17-15-13(11(9)3)5-6-14-12(4)10(2)8-18-16(14)15;/h5-8H,1-4H3;1H2. The van der Waals surface area contributed by atoms with Gasteiger partial charge in [-0.3, -0.25) is 9.97 Å². The Morgan fingerprint density at radius 2 is 1.05 bits per heavy atom. The van der Waals surface area contributed by atoms with Crippen LogP contribution in [0.25, 0.3) is 21.8 Å². The predicted molar refractivity (Wildman–Crippen MR) is 79.6 cm³/mol. The first-order chi connectivity index (χ1) is 8.59. The number of fused-ring (bicyclic) bond motifs is 3. The van der Waals surface area contributed by atoms with Crippen LogP contribution in [0.1, 0.15) is 22.3 Å². The second-order valence-electron chi connectivity index (χ2n) is 4.99. The SMILES string of the molecule is Cc1cnc2c(ccc3c(C)c(C)cnc32)c1C.O. The van der Waals surface area contributed by atoms with Gasteiger partial charge < -0.3 is 5.48 Å². The van der Waals surface area contributed by atoms with Gasteiger partial charge in [0.25, 0.3) is 0 Å². The Morgan fingerprint density at radius 3 is 1.42 bits per heavy atom. The van der Waals surface area contributed by atoms with Crippen LogP contribution in [0.2, 0.25) is 0 Å². The molecule has 0 aliphatic heterocycles. The number of pyridine rings is 2. The molecule has 3 aromatic rings. The molecule has 98 valence electrons. The van der Waals surface area contributed by atoms with Crippen LogP contribution in [-0.4, -0.2) is 15.4 Å². The molecule has 0 saturated carbocycles. The molecule has 0 spiro atoms. The van der Waals surface area contributed by atoms with Gasteiger partial charge in [-0.15, -0.1) is 0 Å². The molecule has 0 radical (unpaired) electrons. The van der Waals surface area contributed by atoms with Crippen LogP contribution in [0, 0.1) is 27.7 Å². The molecule has 19 heavy (non-hydrogen) atoms. The van der Waals surface area contributed by atoms with E-state index in [9.17, 15) is 0 Å². The molecule has 0 saturated heterocycles. The monoisotopic (exact) mass is 254 g/mol. The summed E-state index contributed by atoms with van der Waals surface area (Å²) in [6, 6.07) is 4.34. The van der Waals surface area contributed by atoms with Crippen molar-refractivity contribution < 1.29 is 5.48 Å². The lowest BCUT2D eigenvalue weighted by Crippen LogP contribution is -1.93. The van der Waals surface area contributed by atoms with Crippen LogP contribution in [-0.2, 0) is 0 Å². The molecular weight excluding hydrogens is 236 g/mol. The molecule has 2 aromatic heterocycles. The lowest BCUT2D eigenvalue weighted by Gasteiger charge is -2.10. The van der Waals surface area contributed by atoms with Crippen LogP contribution in [0.4, 0.5) is 0 Å². The highest BCUT2D eigenvalue weighted by Gasteiger charge is 2.09. The van der Waals surface area contributed by atoms with Gasteiger partial charge >= 0.3 is 0 Å². The number of hydrogen-bond donors (Lipinski definition) is 0. The van der Waals surface area contributed by atoms with E-state index in [2.05, 4.69) is 49.8 Å². The molecule has 3 nitrogen and oxygen atoms in total. The van der Waals surface area contributed by atoms with Gasteiger partial charge in [0.1, 0.15) is 0 Å². The zero-order valence-corrected chi connectivity index (χ0v) is 11.7. The fourth-order valence-electron chi connectivity index (χ4n) is 2.39. The molecule has 0 unspecified atom stereocenters. The summed E-state index contributed by atoms with van der Waals surface area (Å²) in [4.78, 5) is 9.16. The average Bonchev–Trinajstić information content (AvgIpc) is 2.38. The van der Waals surface area contributed by atoms with Crippen molar-refractivity contribution >= 4 is 21.8 Å². The Morgan fingerprint density at radius 1 is 0.684 bits per heavy atom. The van der Waals surface area contributed by atoms with Crippen molar-refractivity contribution in [2.75, 3.05) is 0 Å². The summed E-state index contributed by atoms with van der Waals surface area (Å²) >= 11 is 0. The summed E-state index contributed by atoms with van der Waals surface area (Å²) in [5.74, 6) is 0. The quantitative estimate of drug-likeness (QED) is 0.578. The number of hydrogen-bond acceptors (Lipinski definition) is 2. The van der Waals surface area contributed by atoms with Gasteiger partial charge in [-0.05, 0) is 49.9 Å². The fraction of sp³-hybridized carbons (Fsp3) is 0.250. The molecule has 0 fully saturated rings. The van der Waals surface area contributed by atoms with E-state index in [1.165, 1.54) is 33.0 Å². The number of aromatic nitrogens is 2. The molecule has 0 aliphatic rings. The van der Waals surface area contributed by atoms with Crippen molar-refractivity contribution in [2.45, 2.75) is 27.7 Å². The van der Waals surface area contributed by atoms with E-state index in [1.54, 1.807) is 0 Å². The van der Waals surface area contributed by atoms with Gasteiger partial charge in [0, 0.05) is 23.2 Å². The van der Waals surface area contributed by atoms with E-state index in [0.717, 1.165) is 11.0 Å². The summed E-state index contributed by atoms with van der Waals surface area (Å²) < 4.78 is 0. The van der Waals surface area contributed by atoms with Crippen LogP contribution < -0.4 is 0 Å². The van der Waals surface area contributed by atoms with Crippen LogP contribution in [0.5, 0.6) is 0 Å². The smallest absolute Gasteiger partial charge is 0.0967 e. The molecule has 2 heterocycles. The largest absolute Gasteiger partial charge is 0.412 e. The highest BCUT2D eigenvalue weighted by molar-refractivity contribution is 6.05. The van der Waals surface area contributed by atoms with Gasteiger partial charge in [0.05, 0.1) is 11.0 Å². The maximum atomic E-state index is 4.58. The third-order valence-electron chi connectivity index (χ3n) is 3.92. The van der Waals surface area contributed by atoms with E-state index in [1.807, 2.05) is 12.4 Å². The van der Waals surface area contributed by atoms with Crippen molar-refractivity contribution in [3.05, 3.63) is 46.8 Å².